The number of aryl methyl sites for hydroxylation is 1. The SMILES string of the molecule is Cc1ccc(N2CCC(C(=O)N3CCCC3)CC2)nn1. The van der Waals surface area contributed by atoms with Crippen molar-refractivity contribution in [3.8, 4) is 0 Å². The van der Waals surface area contributed by atoms with Gasteiger partial charge in [-0.1, -0.05) is 0 Å². The minimum atomic E-state index is 0.211. The van der Waals surface area contributed by atoms with Gasteiger partial charge >= 0.3 is 0 Å². The summed E-state index contributed by atoms with van der Waals surface area (Å²) in [6.07, 6.45) is 4.21. The van der Waals surface area contributed by atoms with Crippen molar-refractivity contribution in [1.82, 2.24) is 15.1 Å². The molecule has 108 valence electrons. The van der Waals surface area contributed by atoms with Crippen LogP contribution in [-0.4, -0.2) is 47.2 Å². The molecule has 0 saturated carbocycles. The monoisotopic (exact) mass is 274 g/mol. The summed E-state index contributed by atoms with van der Waals surface area (Å²) in [4.78, 5) is 16.7. The van der Waals surface area contributed by atoms with Gasteiger partial charge in [-0.15, -0.1) is 5.10 Å². The molecule has 2 aliphatic rings. The molecular weight excluding hydrogens is 252 g/mol. The van der Waals surface area contributed by atoms with Crippen LogP contribution in [0, 0.1) is 12.8 Å². The molecule has 5 nitrogen and oxygen atoms in total. The zero-order valence-corrected chi connectivity index (χ0v) is 12.1. The van der Waals surface area contributed by atoms with Gasteiger partial charge in [0.2, 0.25) is 5.91 Å². The Kier molecular flexibility index (Phi) is 3.85. The minimum absolute atomic E-state index is 0.211. The van der Waals surface area contributed by atoms with Crippen LogP contribution in [0.4, 0.5) is 5.82 Å². The van der Waals surface area contributed by atoms with Gasteiger partial charge in [0.05, 0.1) is 5.69 Å². The first-order valence-electron chi connectivity index (χ1n) is 7.58. The van der Waals surface area contributed by atoms with E-state index in [4.69, 9.17) is 0 Å². The number of amides is 1. The van der Waals surface area contributed by atoms with E-state index in [2.05, 4.69) is 15.1 Å². The predicted molar refractivity (Wildman–Crippen MR) is 77.5 cm³/mol. The lowest BCUT2D eigenvalue weighted by Crippen LogP contribution is -2.42. The van der Waals surface area contributed by atoms with Crippen LogP contribution in [0.15, 0.2) is 12.1 Å². The van der Waals surface area contributed by atoms with Gasteiger partial charge in [0.15, 0.2) is 5.82 Å². The van der Waals surface area contributed by atoms with Crippen molar-refractivity contribution < 1.29 is 4.79 Å². The van der Waals surface area contributed by atoms with Crippen LogP contribution in [0.1, 0.15) is 31.4 Å². The standard InChI is InChI=1S/C15H22N4O/c1-12-4-5-14(17-16-12)18-10-6-13(7-11-18)15(20)19-8-2-3-9-19/h4-5,13H,2-3,6-11H2,1H3. The van der Waals surface area contributed by atoms with E-state index in [1.54, 1.807) is 0 Å². The Bertz CT molecular complexity index is 459. The zero-order chi connectivity index (χ0) is 13.9. The van der Waals surface area contributed by atoms with E-state index in [9.17, 15) is 4.79 Å². The fourth-order valence-electron chi connectivity index (χ4n) is 3.11. The number of aromatic nitrogens is 2. The van der Waals surface area contributed by atoms with Crippen LogP contribution in [0.25, 0.3) is 0 Å². The summed E-state index contributed by atoms with van der Waals surface area (Å²) >= 11 is 0. The van der Waals surface area contributed by atoms with Gasteiger partial charge in [0.1, 0.15) is 0 Å². The second-order valence-corrected chi connectivity index (χ2v) is 5.83. The first-order chi connectivity index (χ1) is 9.74. The van der Waals surface area contributed by atoms with E-state index in [-0.39, 0.29) is 5.92 Å². The largest absolute Gasteiger partial charge is 0.355 e. The van der Waals surface area contributed by atoms with Crippen molar-refractivity contribution in [1.29, 1.82) is 0 Å². The summed E-state index contributed by atoms with van der Waals surface area (Å²) in [5.41, 5.74) is 0.938. The quantitative estimate of drug-likeness (QED) is 0.822. The van der Waals surface area contributed by atoms with E-state index in [1.807, 2.05) is 24.0 Å². The van der Waals surface area contributed by atoms with Crippen molar-refractivity contribution in [3.05, 3.63) is 17.8 Å². The fraction of sp³-hybridized carbons (Fsp3) is 0.667. The maximum Gasteiger partial charge on any atom is 0.225 e. The molecule has 0 unspecified atom stereocenters. The van der Waals surface area contributed by atoms with Gasteiger partial charge in [-0.25, -0.2) is 0 Å². The number of rotatable bonds is 2. The second kappa shape index (κ2) is 5.77. The van der Waals surface area contributed by atoms with Crippen molar-refractivity contribution in [3.63, 3.8) is 0 Å². The molecule has 1 amide bonds. The Labute approximate surface area is 120 Å². The van der Waals surface area contributed by atoms with Gasteiger partial charge in [-0.3, -0.25) is 4.79 Å². The molecule has 20 heavy (non-hydrogen) atoms. The number of anilines is 1. The molecule has 0 atom stereocenters. The van der Waals surface area contributed by atoms with E-state index in [0.29, 0.717) is 5.91 Å². The molecule has 0 spiro atoms. The highest BCUT2D eigenvalue weighted by molar-refractivity contribution is 5.79. The van der Waals surface area contributed by atoms with Crippen LogP contribution >= 0.6 is 0 Å². The van der Waals surface area contributed by atoms with Crippen molar-refractivity contribution in [2.75, 3.05) is 31.1 Å². The van der Waals surface area contributed by atoms with E-state index >= 15 is 0 Å². The molecule has 5 heteroatoms. The lowest BCUT2D eigenvalue weighted by atomic mass is 9.95. The maximum atomic E-state index is 12.4. The number of likely N-dealkylation sites (tertiary alicyclic amines) is 1. The lowest BCUT2D eigenvalue weighted by molar-refractivity contribution is -0.135. The molecule has 0 N–H and O–H groups in total. The molecule has 0 bridgehead atoms. The third kappa shape index (κ3) is 2.76. The van der Waals surface area contributed by atoms with Gasteiger partial charge < -0.3 is 9.80 Å². The average Bonchev–Trinajstić information content (AvgIpc) is 3.02. The van der Waals surface area contributed by atoms with E-state index in [0.717, 1.165) is 50.5 Å². The molecule has 0 aliphatic carbocycles. The van der Waals surface area contributed by atoms with Gasteiger partial charge in [-0.05, 0) is 44.7 Å². The molecule has 2 aliphatic heterocycles. The molecule has 3 rings (SSSR count). The van der Waals surface area contributed by atoms with Gasteiger partial charge in [0.25, 0.3) is 0 Å². The summed E-state index contributed by atoms with van der Waals surface area (Å²) in [7, 11) is 0. The van der Waals surface area contributed by atoms with Gasteiger partial charge in [0, 0.05) is 32.1 Å². The Morgan fingerprint density at radius 3 is 2.40 bits per heavy atom. The third-order valence-corrected chi connectivity index (χ3v) is 4.37. The maximum absolute atomic E-state index is 12.4. The number of hydrogen-bond donors (Lipinski definition) is 0. The number of piperidine rings is 1. The summed E-state index contributed by atoms with van der Waals surface area (Å²) in [6.45, 7) is 5.67. The Balaban J connectivity index is 1.56. The zero-order valence-electron chi connectivity index (χ0n) is 12.1. The molecule has 2 saturated heterocycles. The van der Waals surface area contributed by atoms with Crippen LogP contribution < -0.4 is 4.90 Å². The second-order valence-electron chi connectivity index (χ2n) is 5.83. The first-order valence-corrected chi connectivity index (χ1v) is 7.58. The van der Waals surface area contributed by atoms with E-state index < -0.39 is 0 Å². The summed E-state index contributed by atoms with van der Waals surface area (Å²) < 4.78 is 0. The number of carbonyl (C=O) groups is 1. The highest BCUT2D eigenvalue weighted by atomic mass is 16.2. The Morgan fingerprint density at radius 1 is 1.10 bits per heavy atom. The average molecular weight is 274 g/mol. The smallest absolute Gasteiger partial charge is 0.225 e. The normalized spacial score (nSPS) is 20.4. The summed E-state index contributed by atoms with van der Waals surface area (Å²) in [5, 5.41) is 8.33. The molecule has 0 radical (unpaired) electrons. The molecule has 3 heterocycles. The molecule has 1 aromatic heterocycles. The van der Waals surface area contributed by atoms with Crippen molar-refractivity contribution >= 4 is 11.7 Å². The van der Waals surface area contributed by atoms with Crippen LogP contribution in [0.3, 0.4) is 0 Å². The summed E-state index contributed by atoms with van der Waals surface area (Å²) in [6, 6.07) is 4.01. The van der Waals surface area contributed by atoms with Crippen LogP contribution in [-0.2, 0) is 4.79 Å². The Hall–Kier alpha value is -1.65. The summed E-state index contributed by atoms with van der Waals surface area (Å²) in [5.74, 6) is 1.52. The number of carbonyl (C=O) groups excluding carboxylic acids is 1. The molecule has 2 fully saturated rings. The van der Waals surface area contributed by atoms with Gasteiger partial charge in [-0.2, -0.15) is 5.10 Å². The molecule has 1 aromatic rings. The topological polar surface area (TPSA) is 49.3 Å². The minimum Gasteiger partial charge on any atom is -0.355 e. The first kappa shape index (κ1) is 13.3. The number of hydrogen-bond acceptors (Lipinski definition) is 4. The highest BCUT2D eigenvalue weighted by Gasteiger charge is 2.30. The molecular formula is C15H22N4O. The predicted octanol–water partition coefficient (Wildman–Crippen LogP) is 1.62. The van der Waals surface area contributed by atoms with Crippen LogP contribution in [0.5, 0.6) is 0 Å². The lowest BCUT2D eigenvalue weighted by Gasteiger charge is -2.33. The number of nitrogens with zero attached hydrogens (tertiary/aromatic N) is 4. The van der Waals surface area contributed by atoms with Crippen LogP contribution in [0.2, 0.25) is 0 Å². The van der Waals surface area contributed by atoms with E-state index in [1.165, 1.54) is 12.8 Å². The highest BCUT2D eigenvalue weighted by Crippen LogP contribution is 2.24. The van der Waals surface area contributed by atoms with Crippen molar-refractivity contribution in [2.45, 2.75) is 32.6 Å². The Morgan fingerprint density at radius 2 is 1.80 bits per heavy atom. The fourth-order valence-corrected chi connectivity index (χ4v) is 3.11. The molecule has 0 aromatic carbocycles. The third-order valence-electron chi connectivity index (χ3n) is 4.37. The van der Waals surface area contributed by atoms with Crippen molar-refractivity contribution in [2.24, 2.45) is 5.92 Å².